The van der Waals surface area contributed by atoms with Crippen molar-refractivity contribution < 1.29 is 0 Å². The second-order valence-corrected chi connectivity index (χ2v) is 6.28. The van der Waals surface area contributed by atoms with Gasteiger partial charge in [-0.3, -0.25) is 0 Å². The van der Waals surface area contributed by atoms with E-state index in [0.29, 0.717) is 5.92 Å². The van der Waals surface area contributed by atoms with E-state index in [9.17, 15) is 0 Å². The van der Waals surface area contributed by atoms with Crippen molar-refractivity contribution in [2.45, 2.75) is 30.1 Å². The molecular weight excluding hydrogens is 252 g/mol. The quantitative estimate of drug-likeness (QED) is 0.820. The third kappa shape index (κ3) is 3.93. The zero-order chi connectivity index (χ0) is 13.8. The van der Waals surface area contributed by atoms with E-state index in [0.717, 1.165) is 17.8 Å². The summed E-state index contributed by atoms with van der Waals surface area (Å²) in [5, 5.41) is 0. The molecule has 0 aliphatic heterocycles. The highest BCUT2D eigenvalue weighted by Crippen LogP contribution is 2.31. The average molecular weight is 272 g/mol. The van der Waals surface area contributed by atoms with Gasteiger partial charge in [-0.05, 0) is 60.4 Å². The van der Waals surface area contributed by atoms with Crippen LogP contribution in [0.3, 0.4) is 0 Å². The Kier molecular flexibility index (Phi) is 4.38. The molecule has 0 aliphatic carbocycles. The molecule has 19 heavy (non-hydrogen) atoms. The monoisotopic (exact) mass is 272 g/mol. The van der Waals surface area contributed by atoms with E-state index in [2.05, 4.69) is 26.0 Å². The van der Waals surface area contributed by atoms with Crippen LogP contribution in [-0.4, -0.2) is 0 Å². The number of anilines is 2. The standard InChI is InChI=1S/C16H20N2S/c1-11(2)9-12-10-15(7-8-16(12)18)19-14-5-3-13(17)4-6-14/h3-8,10-11H,9,17-18H2,1-2H3. The maximum absolute atomic E-state index is 6.03. The van der Waals surface area contributed by atoms with Crippen LogP contribution < -0.4 is 11.5 Å². The lowest BCUT2D eigenvalue weighted by molar-refractivity contribution is 0.647. The van der Waals surface area contributed by atoms with Crippen LogP contribution in [0.2, 0.25) is 0 Å². The van der Waals surface area contributed by atoms with Crippen LogP contribution in [0.4, 0.5) is 11.4 Å². The third-order valence-electron chi connectivity index (χ3n) is 2.86. The SMILES string of the molecule is CC(C)Cc1cc(Sc2ccc(N)cc2)ccc1N. The van der Waals surface area contributed by atoms with E-state index in [4.69, 9.17) is 11.5 Å². The highest BCUT2D eigenvalue weighted by molar-refractivity contribution is 7.99. The number of hydrogen-bond donors (Lipinski definition) is 2. The fourth-order valence-electron chi connectivity index (χ4n) is 1.93. The van der Waals surface area contributed by atoms with E-state index in [-0.39, 0.29) is 0 Å². The molecule has 0 saturated carbocycles. The largest absolute Gasteiger partial charge is 0.399 e. The molecule has 2 aromatic rings. The number of rotatable bonds is 4. The van der Waals surface area contributed by atoms with E-state index in [1.807, 2.05) is 30.3 Å². The summed E-state index contributed by atoms with van der Waals surface area (Å²) in [6, 6.07) is 14.2. The van der Waals surface area contributed by atoms with Gasteiger partial charge in [0.1, 0.15) is 0 Å². The molecule has 0 radical (unpaired) electrons. The van der Waals surface area contributed by atoms with E-state index < -0.39 is 0 Å². The maximum Gasteiger partial charge on any atom is 0.0347 e. The smallest absolute Gasteiger partial charge is 0.0347 e. The minimum Gasteiger partial charge on any atom is -0.399 e. The second kappa shape index (κ2) is 6.02. The van der Waals surface area contributed by atoms with Crippen molar-refractivity contribution in [2.24, 2.45) is 5.92 Å². The van der Waals surface area contributed by atoms with Crippen LogP contribution in [-0.2, 0) is 6.42 Å². The molecule has 0 unspecified atom stereocenters. The second-order valence-electron chi connectivity index (χ2n) is 5.13. The Bertz CT molecular complexity index is 547. The first-order chi connectivity index (χ1) is 9.04. The molecule has 0 spiro atoms. The Morgan fingerprint density at radius 1 is 0.947 bits per heavy atom. The zero-order valence-electron chi connectivity index (χ0n) is 11.4. The van der Waals surface area contributed by atoms with E-state index in [1.165, 1.54) is 15.4 Å². The Balaban J connectivity index is 2.18. The van der Waals surface area contributed by atoms with Crippen molar-refractivity contribution in [1.29, 1.82) is 0 Å². The van der Waals surface area contributed by atoms with Gasteiger partial charge in [0.15, 0.2) is 0 Å². The molecule has 0 heterocycles. The van der Waals surface area contributed by atoms with Crippen molar-refractivity contribution in [3.8, 4) is 0 Å². The van der Waals surface area contributed by atoms with Crippen LogP contribution in [0.25, 0.3) is 0 Å². The predicted octanol–water partition coefficient (Wildman–Crippen LogP) is 4.20. The molecule has 0 bridgehead atoms. The van der Waals surface area contributed by atoms with Gasteiger partial charge in [-0.1, -0.05) is 25.6 Å². The minimum absolute atomic E-state index is 0.610. The van der Waals surface area contributed by atoms with Crippen molar-refractivity contribution in [3.63, 3.8) is 0 Å². The van der Waals surface area contributed by atoms with Crippen LogP contribution in [0, 0.1) is 5.92 Å². The first-order valence-electron chi connectivity index (χ1n) is 6.46. The molecule has 0 fully saturated rings. The first kappa shape index (κ1) is 13.8. The summed E-state index contributed by atoms with van der Waals surface area (Å²) >= 11 is 1.74. The highest BCUT2D eigenvalue weighted by atomic mass is 32.2. The summed E-state index contributed by atoms with van der Waals surface area (Å²) in [6.45, 7) is 4.42. The molecule has 2 rings (SSSR count). The number of hydrogen-bond acceptors (Lipinski definition) is 3. The van der Waals surface area contributed by atoms with E-state index >= 15 is 0 Å². The summed E-state index contributed by atoms with van der Waals surface area (Å²) in [5.41, 5.74) is 14.6. The van der Waals surface area contributed by atoms with Crippen molar-refractivity contribution in [2.75, 3.05) is 11.5 Å². The number of nitrogens with two attached hydrogens (primary N) is 2. The van der Waals surface area contributed by atoms with Gasteiger partial charge < -0.3 is 11.5 Å². The first-order valence-corrected chi connectivity index (χ1v) is 7.28. The van der Waals surface area contributed by atoms with Gasteiger partial charge in [0, 0.05) is 21.2 Å². The fourth-order valence-corrected chi connectivity index (χ4v) is 2.82. The Morgan fingerprint density at radius 3 is 2.21 bits per heavy atom. The van der Waals surface area contributed by atoms with Crippen molar-refractivity contribution in [1.82, 2.24) is 0 Å². The summed E-state index contributed by atoms with van der Waals surface area (Å²) in [7, 11) is 0. The maximum atomic E-state index is 6.03. The van der Waals surface area contributed by atoms with Gasteiger partial charge in [-0.25, -0.2) is 0 Å². The van der Waals surface area contributed by atoms with Gasteiger partial charge in [-0.15, -0.1) is 0 Å². The average Bonchev–Trinajstić information content (AvgIpc) is 2.36. The normalized spacial score (nSPS) is 10.9. The molecule has 0 saturated heterocycles. The van der Waals surface area contributed by atoms with Gasteiger partial charge in [0.05, 0.1) is 0 Å². The minimum atomic E-state index is 0.610. The third-order valence-corrected chi connectivity index (χ3v) is 3.86. The number of nitrogen functional groups attached to an aromatic ring is 2. The molecule has 2 aromatic carbocycles. The summed E-state index contributed by atoms with van der Waals surface area (Å²) in [5.74, 6) is 0.610. The lowest BCUT2D eigenvalue weighted by Gasteiger charge is -2.10. The lowest BCUT2D eigenvalue weighted by atomic mass is 10.0. The Hall–Kier alpha value is -1.61. The predicted molar refractivity (Wildman–Crippen MR) is 84.4 cm³/mol. The van der Waals surface area contributed by atoms with Gasteiger partial charge >= 0.3 is 0 Å². The molecule has 0 aromatic heterocycles. The molecular formula is C16H20N2S. The summed E-state index contributed by atoms with van der Waals surface area (Å²) in [4.78, 5) is 2.41. The molecule has 0 aliphatic rings. The zero-order valence-corrected chi connectivity index (χ0v) is 12.2. The van der Waals surface area contributed by atoms with E-state index in [1.54, 1.807) is 11.8 Å². The molecule has 2 nitrogen and oxygen atoms in total. The van der Waals surface area contributed by atoms with Crippen LogP contribution in [0.15, 0.2) is 52.3 Å². The Morgan fingerprint density at radius 2 is 1.58 bits per heavy atom. The Labute approximate surface area is 119 Å². The molecule has 4 N–H and O–H groups in total. The highest BCUT2D eigenvalue weighted by Gasteiger charge is 2.05. The van der Waals surface area contributed by atoms with Gasteiger partial charge in [0.2, 0.25) is 0 Å². The molecule has 100 valence electrons. The van der Waals surface area contributed by atoms with Crippen LogP contribution >= 0.6 is 11.8 Å². The van der Waals surface area contributed by atoms with Crippen molar-refractivity contribution >= 4 is 23.1 Å². The molecule has 3 heteroatoms. The summed E-state index contributed by atoms with van der Waals surface area (Å²) < 4.78 is 0. The van der Waals surface area contributed by atoms with Crippen LogP contribution in [0.5, 0.6) is 0 Å². The van der Waals surface area contributed by atoms with Gasteiger partial charge in [0.25, 0.3) is 0 Å². The van der Waals surface area contributed by atoms with Crippen molar-refractivity contribution in [3.05, 3.63) is 48.0 Å². The molecule has 0 amide bonds. The lowest BCUT2D eigenvalue weighted by Crippen LogP contribution is -1.99. The van der Waals surface area contributed by atoms with Crippen LogP contribution in [0.1, 0.15) is 19.4 Å². The topological polar surface area (TPSA) is 52.0 Å². The molecule has 0 atom stereocenters. The van der Waals surface area contributed by atoms with Gasteiger partial charge in [-0.2, -0.15) is 0 Å². The fraction of sp³-hybridized carbons (Fsp3) is 0.250. The number of benzene rings is 2. The summed E-state index contributed by atoms with van der Waals surface area (Å²) in [6.07, 6.45) is 1.02.